The summed E-state index contributed by atoms with van der Waals surface area (Å²) in [6, 6.07) is 0. The average Bonchev–Trinajstić information content (AvgIpc) is 2.63. The maximum Gasteiger partial charge on any atom is 0.246 e. The third kappa shape index (κ3) is 3.00. The molecule has 0 saturated carbocycles. The zero-order valence-corrected chi connectivity index (χ0v) is 14.8. The molecule has 0 aromatic carbocycles. The third-order valence-electron chi connectivity index (χ3n) is 3.18. The fourth-order valence-corrected chi connectivity index (χ4v) is 7.02. The number of nitrogens with zero attached hydrogens (tertiary/aromatic N) is 1. The van der Waals surface area contributed by atoms with E-state index < -0.39 is 10.0 Å². The van der Waals surface area contributed by atoms with Crippen LogP contribution in [0.1, 0.15) is 12.8 Å². The Morgan fingerprint density at radius 3 is 2.25 bits per heavy atom. The monoisotopic (exact) mass is 420 g/mol. The molecular formula is C10H11BrCl2N2O3S2. The van der Waals surface area contributed by atoms with Gasteiger partial charge in [-0.25, -0.2) is 8.42 Å². The second-order valence-electron chi connectivity index (χ2n) is 4.37. The van der Waals surface area contributed by atoms with Gasteiger partial charge in [0.15, 0.2) is 0 Å². The van der Waals surface area contributed by atoms with Crippen LogP contribution in [0.25, 0.3) is 0 Å². The van der Waals surface area contributed by atoms with Crippen LogP contribution in [0.5, 0.6) is 0 Å². The van der Waals surface area contributed by atoms with E-state index in [1.165, 1.54) is 4.31 Å². The van der Waals surface area contributed by atoms with Gasteiger partial charge in [-0.3, -0.25) is 4.79 Å². The first-order valence-electron chi connectivity index (χ1n) is 5.68. The van der Waals surface area contributed by atoms with Crippen molar-refractivity contribution in [2.24, 2.45) is 11.7 Å². The van der Waals surface area contributed by atoms with Gasteiger partial charge in [0.2, 0.25) is 15.9 Å². The molecule has 1 aromatic heterocycles. The van der Waals surface area contributed by atoms with Crippen LogP contribution in [-0.2, 0) is 14.8 Å². The van der Waals surface area contributed by atoms with Crippen LogP contribution < -0.4 is 5.73 Å². The normalized spacial score (nSPS) is 18.4. The Labute approximate surface area is 139 Å². The number of hydrogen-bond acceptors (Lipinski definition) is 4. The molecule has 0 aliphatic carbocycles. The maximum absolute atomic E-state index is 12.6. The van der Waals surface area contributed by atoms with E-state index in [-0.39, 0.29) is 38.6 Å². The number of piperidine rings is 1. The summed E-state index contributed by atoms with van der Waals surface area (Å²) in [6.45, 7) is 0.484. The molecule has 0 atom stereocenters. The minimum absolute atomic E-state index is 0.00769. The van der Waals surface area contributed by atoms with Crippen LogP contribution in [0, 0.1) is 5.92 Å². The number of hydrogen-bond donors (Lipinski definition) is 1. The van der Waals surface area contributed by atoms with E-state index in [1.54, 1.807) is 0 Å². The van der Waals surface area contributed by atoms with E-state index >= 15 is 0 Å². The van der Waals surface area contributed by atoms with Crippen molar-refractivity contribution < 1.29 is 13.2 Å². The highest BCUT2D eigenvalue weighted by Crippen LogP contribution is 2.44. The molecule has 1 saturated heterocycles. The van der Waals surface area contributed by atoms with E-state index in [4.69, 9.17) is 28.9 Å². The summed E-state index contributed by atoms with van der Waals surface area (Å²) in [5.74, 6) is -0.661. The maximum atomic E-state index is 12.6. The lowest BCUT2D eigenvalue weighted by Crippen LogP contribution is -2.41. The zero-order valence-electron chi connectivity index (χ0n) is 10.1. The first-order chi connectivity index (χ1) is 9.25. The highest BCUT2D eigenvalue weighted by atomic mass is 79.9. The number of amides is 1. The number of sulfonamides is 1. The quantitative estimate of drug-likeness (QED) is 0.814. The number of halogens is 3. The summed E-state index contributed by atoms with van der Waals surface area (Å²) in [4.78, 5) is 11.1. The number of thiophene rings is 1. The average molecular weight is 422 g/mol. The SMILES string of the molecule is NC(=O)C1CCN(S(=O)(=O)c2c(Cl)sc(Cl)c2Br)CC1. The van der Waals surface area contributed by atoms with Crippen molar-refractivity contribution in [3.8, 4) is 0 Å². The molecule has 5 nitrogen and oxygen atoms in total. The van der Waals surface area contributed by atoms with Crippen LogP contribution in [0.15, 0.2) is 9.37 Å². The van der Waals surface area contributed by atoms with E-state index in [2.05, 4.69) is 15.9 Å². The molecule has 0 radical (unpaired) electrons. The summed E-state index contributed by atoms with van der Waals surface area (Å²) in [5, 5.41) is 0. The van der Waals surface area contributed by atoms with Gasteiger partial charge in [0.05, 0.1) is 4.47 Å². The second kappa shape index (κ2) is 6.10. The van der Waals surface area contributed by atoms with Gasteiger partial charge >= 0.3 is 0 Å². The fraction of sp³-hybridized carbons (Fsp3) is 0.500. The van der Waals surface area contributed by atoms with Crippen LogP contribution in [0.2, 0.25) is 8.67 Å². The largest absolute Gasteiger partial charge is 0.369 e. The summed E-state index contributed by atoms with van der Waals surface area (Å²) >= 11 is 16.0. The lowest BCUT2D eigenvalue weighted by atomic mass is 9.98. The molecule has 112 valence electrons. The molecule has 0 spiro atoms. The van der Waals surface area contributed by atoms with Crippen molar-refractivity contribution in [2.75, 3.05) is 13.1 Å². The number of nitrogens with two attached hydrogens (primary N) is 1. The molecule has 1 aliphatic heterocycles. The smallest absolute Gasteiger partial charge is 0.246 e. The van der Waals surface area contributed by atoms with Crippen molar-refractivity contribution in [1.82, 2.24) is 4.31 Å². The Bertz CT molecular complexity index is 639. The van der Waals surface area contributed by atoms with E-state index in [1.807, 2.05) is 0 Å². The Balaban J connectivity index is 2.26. The van der Waals surface area contributed by atoms with Gasteiger partial charge in [-0.05, 0) is 28.8 Å². The summed E-state index contributed by atoms with van der Waals surface area (Å²) in [5.41, 5.74) is 5.23. The van der Waals surface area contributed by atoms with Gasteiger partial charge in [-0.1, -0.05) is 23.2 Å². The first-order valence-corrected chi connectivity index (χ1v) is 9.48. The summed E-state index contributed by atoms with van der Waals surface area (Å²) in [6.07, 6.45) is 0.837. The minimum Gasteiger partial charge on any atom is -0.369 e. The Morgan fingerprint density at radius 2 is 1.85 bits per heavy atom. The van der Waals surface area contributed by atoms with Crippen molar-refractivity contribution in [3.63, 3.8) is 0 Å². The highest BCUT2D eigenvalue weighted by molar-refractivity contribution is 9.10. The van der Waals surface area contributed by atoms with Crippen LogP contribution in [0.4, 0.5) is 0 Å². The number of carbonyl (C=O) groups is 1. The van der Waals surface area contributed by atoms with Crippen molar-refractivity contribution in [2.45, 2.75) is 17.7 Å². The van der Waals surface area contributed by atoms with Crippen molar-refractivity contribution in [1.29, 1.82) is 0 Å². The molecule has 0 unspecified atom stereocenters. The van der Waals surface area contributed by atoms with Crippen LogP contribution >= 0.6 is 50.5 Å². The molecule has 2 heterocycles. The van der Waals surface area contributed by atoms with Gasteiger partial charge in [-0.15, -0.1) is 11.3 Å². The van der Waals surface area contributed by atoms with Gasteiger partial charge in [0.25, 0.3) is 0 Å². The Morgan fingerprint density at radius 1 is 1.30 bits per heavy atom. The predicted octanol–water partition coefficient (Wildman–Crippen LogP) is 2.70. The first kappa shape index (κ1) is 16.5. The van der Waals surface area contributed by atoms with Crippen LogP contribution in [0.3, 0.4) is 0 Å². The molecule has 2 N–H and O–H groups in total. The van der Waals surface area contributed by atoms with Gasteiger partial charge in [0.1, 0.15) is 13.6 Å². The molecule has 1 amide bonds. The number of carbonyl (C=O) groups excluding carboxylic acids is 1. The summed E-state index contributed by atoms with van der Waals surface area (Å²) < 4.78 is 27.1. The Kier molecular flexibility index (Phi) is 5.03. The predicted molar refractivity (Wildman–Crippen MR) is 82.7 cm³/mol. The molecule has 2 rings (SSSR count). The minimum atomic E-state index is -3.72. The molecule has 20 heavy (non-hydrogen) atoms. The van der Waals surface area contributed by atoms with Crippen molar-refractivity contribution in [3.05, 3.63) is 13.1 Å². The van der Waals surface area contributed by atoms with Gasteiger partial charge in [-0.2, -0.15) is 4.31 Å². The van der Waals surface area contributed by atoms with Gasteiger partial charge in [0, 0.05) is 19.0 Å². The fourth-order valence-electron chi connectivity index (χ4n) is 2.07. The standard InChI is InChI=1S/C10H11BrCl2N2O3S2/c11-6-7(9(13)19-8(6)12)20(17,18)15-3-1-5(2-4-15)10(14)16/h5H,1-4H2,(H2,14,16). The lowest BCUT2D eigenvalue weighted by molar-refractivity contribution is -0.122. The molecule has 1 aliphatic rings. The Hall–Kier alpha value is 0.140. The molecule has 0 bridgehead atoms. The zero-order chi connectivity index (χ0) is 15.1. The topological polar surface area (TPSA) is 80.5 Å². The molecule has 1 aromatic rings. The third-order valence-corrected chi connectivity index (χ3v) is 8.55. The van der Waals surface area contributed by atoms with E-state index in [0.717, 1.165) is 11.3 Å². The van der Waals surface area contributed by atoms with E-state index in [0.29, 0.717) is 17.2 Å². The molecule has 10 heteroatoms. The number of primary amides is 1. The summed E-state index contributed by atoms with van der Waals surface area (Å²) in [7, 11) is -3.72. The van der Waals surface area contributed by atoms with Crippen LogP contribution in [-0.4, -0.2) is 31.7 Å². The number of rotatable bonds is 3. The highest BCUT2D eigenvalue weighted by Gasteiger charge is 2.35. The second-order valence-corrected chi connectivity index (χ2v) is 9.27. The van der Waals surface area contributed by atoms with Crippen molar-refractivity contribution >= 4 is 66.4 Å². The lowest BCUT2D eigenvalue weighted by Gasteiger charge is -2.29. The van der Waals surface area contributed by atoms with E-state index in [9.17, 15) is 13.2 Å². The molecule has 1 fully saturated rings. The van der Waals surface area contributed by atoms with Gasteiger partial charge < -0.3 is 5.73 Å². The molecular weight excluding hydrogens is 411 g/mol.